The Balaban J connectivity index is 1.32. The highest BCUT2D eigenvalue weighted by molar-refractivity contribution is 5.85. The summed E-state index contributed by atoms with van der Waals surface area (Å²) in [6, 6.07) is 10.9. The molecule has 0 radical (unpaired) electrons. The lowest BCUT2D eigenvalue weighted by molar-refractivity contribution is 0.0283. The summed E-state index contributed by atoms with van der Waals surface area (Å²) < 4.78 is 26.4. The van der Waals surface area contributed by atoms with Crippen molar-refractivity contribution in [1.29, 1.82) is 5.26 Å². The summed E-state index contributed by atoms with van der Waals surface area (Å²) in [5, 5.41) is 23.9. The lowest BCUT2D eigenvalue weighted by Gasteiger charge is -2.32. The predicted octanol–water partition coefficient (Wildman–Crippen LogP) is 4.00. The Morgan fingerprint density at radius 2 is 1.95 bits per heavy atom. The van der Waals surface area contributed by atoms with Gasteiger partial charge < -0.3 is 19.5 Å². The molecule has 0 amide bonds. The van der Waals surface area contributed by atoms with Gasteiger partial charge >= 0.3 is 0 Å². The quantitative estimate of drug-likeness (QED) is 0.404. The third-order valence-electron chi connectivity index (χ3n) is 6.11. The van der Waals surface area contributed by atoms with Crippen molar-refractivity contribution in [2.45, 2.75) is 38.4 Å². The summed E-state index contributed by atoms with van der Waals surface area (Å²) in [4.78, 5) is 10.9. The number of ether oxygens (including phenoxy) is 2. The maximum absolute atomic E-state index is 13.1. The molecule has 1 saturated heterocycles. The molecule has 5 heterocycles. The first kappa shape index (κ1) is 24.5. The molecule has 4 aromatic heterocycles. The van der Waals surface area contributed by atoms with E-state index in [4.69, 9.17) is 14.5 Å². The molecule has 190 valence electrons. The van der Waals surface area contributed by atoms with Crippen molar-refractivity contribution >= 4 is 11.3 Å². The predicted molar refractivity (Wildman–Crippen MR) is 135 cm³/mol. The van der Waals surface area contributed by atoms with E-state index >= 15 is 0 Å². The summed E-state index contributed by atoms with van der Waals surface area (Å²) in [7, 11) is 0. The Kier molecular flexibility index (Phi) is 6.63. The average molecular weight is 503 g/mol. The Morgan fingerprint density at radius 1 is 1.14 bits per heavy atom. The number of hydrogen-bond donors (Lipinski definition) is 1. The molecule has 0 aliphatic carbocycles. The fourth-order valence-electron chi connectivity index (χ4n) is 4.28. The molecule has 1 aliphatic rings. The molecule has 0 saturated carbocycles. The number of fused-ring (bicyclic) bond motifs is 1. The maximum atomic E-state index is 13.1. The van der Waals surface area contributed by atoms with E-state index in [0.717, 1.165) is 49.1 Å². The zero-order chi connectivity index (χ0) is 26.0. The van der Waals surface area contributed by atoms with Crippen molar-refractivity contribution in [1.82, 2.24) is 19.6 Å². The van der Waals surface area contributed by atoms with E-state index in [9.17, 15) is 14.8 Å². The van der Waals surface area contributed by atoms with Crippen molar-refractivity contribution in [3.05, 3.63) is 66.5 Å². The smallest absolute Gasteiger partial charge is 0.213 e. The van der Waals surface area contributed by atoms with Gasteiger partial charge in [-0.2, -0.15) is 10.4 Å². The normalized spacial score (nSPS) is 14.5. The van der Waals surface area contributed by atoms with Crippen LogP contribution in [-0.2, 0) is 0 Å². The molecule has 0 aromatic carbocycles. The van der Waals surface area contributed by atoms with Gasteiger partial charge in [-0.3, -0.25) is 0 Å². The van der Waals surface area contributed by atoms with Crippen LogP contribution in [0.4, 0.5) is 10.2 Å². The van der Waals surface area contributed by atoms with E-state index in [-0.39, 0.29) is 18.5 Å². The second-order valence-corrected chi connectivity index (χ2v) is 9.68. The minimum Gasteiger partial charge on any atom is -0.489 e. The van der Waals surface area contributed by atoms with Gasteiger partial charge in [-0.05, 0) is 38.1 Å². The third kappa shape index (κ3) is 5.62. The number of pyridine rings is 3. The van der Waals surface area contributed by atoms with Crippen LogP contribution < -0.4 is 14.4 Å². The van der Waals surface area contributed by atoms with Crippen molar-refractivity contribution in [3.8, 4) is 28.8 Å². The van der Waals surface area contributed by atoms with E-state index in [1.54, 1.807) is 36.8 Å². The molecule has 5 rings (SSSR count). The molecule has 1 N–H and O–H groups in total. The average Bonchev–Trinajstić information content (AvgIpc) is 3.32. The molecule has 4 aromatic rings. The molecule has 37 heavy (non-hydrogen) atoms. The first-order chi connectivity index (χ1) is 17.8. The number of nitrogens with zero attached hydrogens (tertiary/aromatic N) is 6. The first-order valence-corrected chi connectivity index (χ1v) is 12.1. The van der Waals surface area contributed by atoms with Gasteiger partial charge in [-0.25, -0.2) is 18.9 Å². The van der Waals surface area contributed by atoms with Gasteiger partial charge in [0.25, 0.3) is 0 Å². The van der Waals surface area contributed by atoms with Crippen molar-refractivity contribution in [2.24, 2.45) is 0 Å². The second kappa shape index (κ2) is 10.0. The van der Waals surface area contributed by atoms with Crippen molar-refractivity contribution < 1.29 is 19.0 Å². The van der Waals surface area contributed by atoms with Gasteiger partial charge in [-0.15, -0.1) is 0 Å². The number of hydrogen-bond acceptors (Lipinski definition) is 8. The fourth-order valence-corrected chi connectivity index (χ4v) is 4.28. The molecule has 0 spiro atoms. The Morgan fingerprint density at radius 3 is 2.59 bits per heavy atom. The molecule has 1 fully saturated rings. The summed E-state index contributed by atoms with van der Waals surface area (Å²) in [5.74, 6) is 1.42. The number of aliphatic hydroxyl groups is 1. The highest BCUT2D eigenvalue weighted by atomic mass is 19.1. The lowest BCUT2D eigenvalue weighted by atomic mass is 10.0. The van der Waals surface area contributed by atoms with Crippen LogP contribution in [0.5, 0.6) is 11.6 Å². The molecule has 9 nitrogen and oxygen atoms in total. The monoisotopic (exact) mass is 502 g/mol. The number of aromatic nitrogens is 4. The zero-order valence-corrected chi connectivity index (χ0v) is 20.6. The van der Waals surface area contributed by atoms with E-state index < -0.39 is 5.60 Å². The van der Waals surface area contributed by atoms with Gasteiger partial charge in [-0.1, -0.05) is 0 Å². The summed E-state index contributed by atoms with van der Waals surface area (Å²) in [6.07, 6.45) is 7.76. The molecule has 1 aliphatic heterocycles. The van der Waals surface area contributed by atoms with Gasteiger partial charge in [0.15, 0.2) is 0 Å². The van der Waals surface area contributed by atoms with E-state index in [1.165, 1.54) is 12.3 Å². The number of halogens is 1. The van der Waals surface area contributed by atoms with E-state index in [0.29, 0.717) is 22.7 Å². The minimum atomic E-state index is -0.992. The Hall–Kier alpha value is -4.23. The second-order valence-electron chi connectivity index (χ2n) is 9.68. The largest absolute Gasteiger partial charge is 0.489 e. The van der Waals surface area contributed by atoms with Crippen LogP contribution in [0.1, 0.15) is 32.3 Å². The SMILES string of the molecule is CC(C)(O)COc1cc(-c2ccc(N3CCC(Oc4ccc(F)cn4)CC3)nc2)c2c(C#N)cnn2c1. The van der Waals surface area contributed by atoms with Crippen LogP contribution >= 0.6 is 0 Å². The van der Waals surface area contributed by atoms with Crippen LogP contribution in [-0.4, -0.2) is 56.1 Å². The van der Waals surface area contributed by atoms with Crippen LogP contribution in [0.2, 0.25) is 0 Å². The first-order valence-electron chi connectivity index (χ1n) is 12.1. The lowest BCUT2D eigenvalue weighted by Crippen LogP contribution is -2.38. The van der Waals surface area contributed by atoms with Crippen LogP contribution in [0.15, 0.2) is 55.1 Å². The van der Waals surface area contributed by atoms with Crippen molar-refractivity contribution in [2.75, 3.05) is 24.6 Å². The van der Waals surface area contributed by atoms with Crippen LogP contribution in [0.25, 0.3) is 16.6 Å². The summed E-state index contributed by atoms with van der Waals surface area (Å²) in [6.45, 7) is 4.99. The minimum absolute atomic E-state index is 0.0136. The fraction of sp³-hybridized carbons (Fsp3) is 0.333. The van der Waals surface area contributed by atoms with Gasteiger partial charge in [0.2, 0.25) is 5.88 Å². The van der Waals surface area contributed by atoms with E-state index in [1.807, 2.05) is 18.2 Å². The topological polar surface area (TPSA) is 109 Å². The highest BCUT2D eigenvalue weighted by Gasteiger charge is 2.22. The Labute approximate surface area is 213 Å². The molecule has 0 bridgehead atoms. The Bertz CT molecular complexity index is 1420. The molecular formula is C27H27FN6O3. The van der Waals surface area contributed by atoms with Crippen LogP contribution in [0, 0.1) is 17.1 Å². The van der Waals surface area contributed by atoms with Gasteiger partial charge in [0.05, 0.1) is 35.3 Å². The van der Waals surface area contributed by atoms with Gasteiger partial charge in [0.1, 0.15) is 36.2 Å². The van der Waals surface area contributed by atoms with Gasteiger partial charge in [0, 0.05) is 49.3 Å². The van der Waals surface area contributed by atoms with Crippen molar-refractivity contribution in [3.63, 3.8) is 0 Å². The number of piperidine rings is 1. The highest BCUT2D eigenvalue weighted by Crippen LogP contribution is 2.32. The molecule has 10 heteroatoms. The standard InChI is InChI=1S/C27H27FN6O3/c1-27(2,35)17-36-22-11-23(26-19(12-29)14-32-34(26)16-22)18-3-5-24(30-13-18)33-9-7-21(8-10-33)37-25-6-4-20(28)15-31-25/h3-6,11,13-16,21,35H,7-10,17H2,1-2H3. The summed E-state index contributed by atoms with van der Waals surface area (Å²) >= 11 is 0. The third-order valence-corrected chi connectivity index (χ3v) is 6.11. The maximum Gasteiger partial charge on any atom is 0.213 e. The number of anilines is 1. The molecule has 0 atom stereocenters. The van der Waals surface area contributed by atoms with Crippen LogP contribution in [0.3, 0.4) is 0 Å². The molecule has 0 unspecified atom stereocenters. The number of nitriles is 1. The molecular weight excluding hydrogens is 475 g/mol. The van der Waals surface area contributed by atoms with E-state index in [2.05, 4.69) is 21.1 Å². The summed E-state index contributed by atoms with van der Waals surface area (Å²) in [5.41, 5.74) is 1.71. The number of rotatable bonds is 7. The zero-order valence-electron chi connectivity index (χ0n) is 20.6.